The van der Waals surface area contributed by atoms with Crippen LogP contribution in [0.2, 0.25) is 0 Å². The molecule has 0 bridgehead atoms. The van der Waals surface area contributed by atoms with Crippen LogP contribution in [-0.4, -0.2) is 79.1 Å². The van der Waals surface area contributed by atoms with Crippen LogP contribution >= 0.6 is 34.9 Å². The van der Waals surface area contributed by atoms with Gasteiger partial charge in [0, 0.05) is 39.8 Å². The molecule has 1 aliphatic carbocycles. The molecule has 2 aliphatic heterocycles. The van der Waals surface area contributed by atoms with Crippen molar-refractivity contribution in [1.29, 1.82) is 0 Å². The lowest BCUT2D eigenvalue weighted by Gasteiger charge is -2.49. The Kier molecular flexibility index (Phi) is 8.00. The van der Waals surface area contributed by atoms with Crippen LogP contribution in [-0.2, 0) is 43.9 Å². The fourth-order valence-electron chi connectivity index (χ4n) is 4.81. The number of nitrogens with one attached hydrogen (secondary N) is 1. The van der Waals surface area contributed by atoms with E-state index in [1.807, 2.05) is 19.3 Å². The van der Waals surface area contributed by atoms with Crippen molar-refractivity contribution in [2.24, 2.45) is 12.2 Å². The predicted octanol–water partition coefficient (Wildman–Crippen LogP) is 0.375. The van der Waals surface area contributed by atoms with Crippen molar-refractivity contribution in [1.82, 2.24) is 15.2 Å². The fourth-order valence-corrected chi connectivity index (χ4v) is 7.95. The molecule has 210 valence electrons. The number of β-lactam (4-membered cyclic amide) rings is 1. The van der Waals surface area contributed by atoms with Crippen LogP contribution in [0.3, 0.4) is 0 Å². The summed E-state index contributed by atoms with van der Waals surface area (Å²) in [5.74, 6) is -3.10. The van der Waals surface area contributed by atoms with E-state index in [4.69, 9.17) is 15.7 Å². The summed E-state index contributed by atoms with van der Waals surface area (Å²) in [5, 5.41) is 26.0. The van der Waals surface area contributed by atoms with Crippen molar-refractivity contribution >= 4 is 69.5 Å². The molecule has 2 aromatic heterocycles. The van der Waals surface area contributed by atoms with E-state index in [1.54, 1.807) is 11.8 Å². The third-order valence-corrected chi connectivity index (χ3v) is 9.82. The number of aliphatic carboxylic acids is 2. The lowest BCUT2D eigenvalue weighted by Crippen LogP contribution is -2.71. The first-order valence-corrected chi connectivity index (χ1v) is 15.0. The first-order valence-electron chi connectivity index (χ1n) is 12.1. The maximum Gasteiger partial charge on any atom is 0.352 e. The fraction of sp³-hybridized carbons (Fsp3) is 0.375. The van der Waals surface area contributed by atoms with Gasteiger partial charge in [-0.2, -0.15) is 0 Å². The lowest BCUT2D eigenvalue weighted by molar-refractivity contribution is -0.679. The second-order valence-electron chi connectivity index (χ2n) is 9.15. The zero-order chi connectivity index (χ0) is 28.6. The Balaban J connectivity index is 1.31. The number of thiazole rings is 1. The van der Waals surface area contributed by atoms with E-state index in [2.05, 4.69) is 20.0 Å². The van der Waals surface area contributed by atoms with Crippen molar-refractivity contribution in [3.63, 3.8) is 0 Å². The van der Waals surface area contributed by atoms with E-state index in [1.165, 1.54) is 33.3 Å². The number of hydrogen-bond donors (Lipinski definition) is 4. The first kappa shape index (κ1) is 27.9. The lowest BCUT2D eigenvalue weighted by atomic mass is 10.0. The van der Waals surface area contributed by atoms with Gasteiger partial charge in [0.25, 0.3) is 11.8 Å². The van der Waals surface area contributed by atoms with Gasteiger partial charge in [-0.1, -0.05) is 5.16 Å². The smallest absolute Gasteiger partial charge is 0.352 e. The zero-order valence-corrected chi connectivity index (χ0v) is 23.6. The number of carbonyl (C=O) groups excluding carboxylic acids is 2. The summed E-state index contributed by atoms with van der Waals surface area (Å²) in [6, 6.07) is 1.03. The molecule has 5 rings (SSSR count). The molecule has 0 saturated carbocycles. The van der Waals surface area contributed by atoms with E-state index >= 15 is 0 Å². The van der Waals surface area contributed by atoms with Gasteiger partial charge in [-0.25, -0.2) is 19.1 Å². The molecular weight excluding hydrogens is 581 g/mol. The van der Waals surface area contributed by atoms with Gasteiger partial charge in [-0.3, -0.25) is 14.5 Å². The number of nitrogens with zero attached hydrogens (tertiary/aromatic N) is 4. The molecule has 2 amide bonds. The molecule has 3 aliphatic rings. The molecule has 2 aromatic rings. The molecule has 1 fully saturated rings. The Morgan fingerprint density at radius 2 is 2.15 bits per heavy atom. The second kappa shape index (κ2) is 11.5. The summed E-state index contributed by atoms with van der Waals surface area (Å²) in [7, 11) is 2.02. The number of fused-ring (bicyclic) bond motifs is 2. The number of anilines is 1. The van der Waals surface area contributed by atoms with Gasteiger partial charge < -0.3 is 26.1 Å². The van der Waals surface area contributed by atoms with Crippen LogP contribution in [0.25, 0.3) is 0 Å². The molecule has 0 spiro atoms. The molecule has 1 saturated heterocycles. The van der Waals surface area contributed by atoms with Gasteiger partial charge in [0.05, 0.1) is 0 Å². The van der Waals surface area contributed by atoms with Gasteiger partial charge in [-0.05, 0) is 18.4 Å². The normalized spacial score (nSPS) is 20.1. The first-order chi connectivity index (χ1) is 19.2. The summed E-state index contributed by atoms with van der Waals surface area (Å²) in [4.78, 5) is 60.3. The van der Waals surface area contributed by atoms with Crippen LogP contribution < -0.4 is 15.6 Å². The van der Waals surface area contributed by atoms with Crippen LogP contribution in [0, 0.1) is 0 Å². The van der Waals surface area contributed by atoms with Crippen molar-refractivity contribution in [2.75, 3.05) is 23.8 Å². The molecule has 2 atom stereocenters. The summed E-state index contributed by atoms with van der Waals surface area (Å²) >= 11 is 3.98. The van der Waals surface area contributed by atoms with E-state index in [9.17, 15) is 24.3 Å². The van der Waals surface area contributed by atoms with Crippen molar-refractivity contribution in [2.45, 2.75) is 35.6 Å². The summed E-state index contributed by atoms with van der Waals surface area (Å²) < 4.78 is 2.13. The van der Waals surface area contributed by atoms with Gasteiger partial charge >= 0.3 is 11.9 Å². The minimum absolute atomic E-state index is 0.0525. The number of aryl methyl sites for hydroxylation is 1. The largest absolute Gasteiger partial charge is 0.479 e. The highest BCUT2D eigenvalue weighted by molar-refractivity contribution is 8.01. The second-order valence-corrected chi connectivity index (χ2v) is 12.2. The van der Waals surface area contributed by atoms with Crippen LogP contribution in [0.5, 0.6) is 0 Å². The summed E-state index contributed by atoms with van der Waals surface area (Å²) in [5.41, 5.74) is 8.52. The van der Waals surface area contributed by atoms with Gasteiger partial charge in [0.1, 0.15) is 29.9 Å². The number of nitrogens with two attached hydrogens (primary N) is 1. The van der Waals surface area contributed by atoms with Crippen molar-refractivity contribution in [3.05, 3.63) is 45.9 Å². The number of carbonyl (C=O) groups is 4. The number of pyridine rings is 1. The average Bonchev–Trinajstić information content (AvgIpc) is 3.58. The monoisotopic (exact) mass is 605 g/mol. The number of hydrogen-bond acceptors (Lipinski definition) is 11. The number of rotatable bonds is 10. The number of amides is 2. The Labute approximate surface area is 240 Å². The molecule has 4 heterocycles. The molecule has 16 heteroatoms. The molecule has 0 unspecified atom stereocenters. The Morgan fingerprint density at radius 3 is 2.85 bits per heavy atom. The average molecular weight is 606 g/mol. The van der Waals surface area contributed by atoms with E-state index < -0.39 is 41.8 Å². The minimum Gasteiger partial charge on any atom is -0.479 e. The maximum absolute atomic E-state index is 13.1. The topological polar surface area (TPSA) is 188 Å². The van der Waals surface area contributed by atoms with E-state index in [-0.39, 0.29) is 22.2 Å². The van der Waals surface area contributed by atoms with Crippen molar-refractivity contribution < 1.29 is 38.8 Å². The SMILES string of the molecule is C[n+]1ccc(SCC2=C(C(=O)O)N3C(=O)[C@@H](NC(=O)/C(=N\OCC(=O)O)c4csc(N)n4)[C@H]3SC2)c2c1CCC2. The van der Waals surface area contributed by atoms with Gasteiger partial charge in [0.2, 0.25) is 6.61 Å². The number of carboxylic acid groups (broad SMARTS) is 2. The Morgan fingerprint density at radius 1 is 1.35 bits per heavy atom. The summed E-state index contributed by atoms with van der Waals surface area (Å²) in [6.07, 6.45) is 5.11. The number of carboxylic acids is 2. The zero-order valence-electron chi connectivity index (χ0n) is 21.2. The Bertz CT molecular complexity index is 1470. The van der Waals surface area contributed by atoms with Gasteiger partial charge in [0.15, 0.2) is 22.7 Å². The van der Waals surface area contributed by atoms with Crippen LogP contribution in [0.4, 0.5) is 5.13 Å². The molecule has 0 aromatic carbocycles. The maximum atomic E-state index is 13.1. The highest BCUT2D eigenvalue weighted by Crippen LogP contribution is 2.42. The molecule has 0 radical (unpaired) electrons. The Hall–Kier alpha value is -3.63. The molecule has 13 nitrogen and oxygen atoms in total. The van der Waals surface area contributed by atoms with Crippen LogP contribution in [0.1, 0.15) is 23.4 Å². The molecule has 40 heavy (non-hydrogen) atoms. The standard InChI is InChI=1S/C24H24N6O7S3/c1-29-6-5-15(12-3-2-4-14(12)29)38-8-11-9-39-22-18(21(34)30(22)19(11)23(35)36)27-20(33)17(28-37-7-16(31)32)13-10-40-24(25)26-13/h5-6,10,18,22H,2-4,7-9H2,1H3,(H4-,25,26,27,31,32,33,35,36)/p+1/b28-17-/t18-,22-/m1/s1. The van der Waals surface area contributed by atoms with E-state index in [0.29, 0.717) is 17.1 Å². The third-order valence-electron chi connectivity index (χ3n) is 6.62. The molecular formula is C24H25N6O7S3+. The van der Waals surface area contributed by atoms with Crippen molar-refractivity contribution in [3.8, 4) is 0 Å². The number of oxime groups is 1. The third kappa shape index (κ3) is 5.38. The van der Waals surface area contributed by atoms with Gasteiger partial charge in [-0.15, -0.1) is 34.9 Å². The summed E-state index contributed by atoms with van der Waals surface area (Å²) in [6.45, 7) is -0.789. The quantitative estimate of drug-likeness (QED) is 0.0963. The highest BCUT2D eigenvalue weighted by atomic mass is 32.2. The molecule has 5 N–H and O–H groups in total. The minimum atomic E-state index is -1.29. The predicted molar refractivity (Wildman–Crippen MR) is 147 cm³/mol. The number of nitrogen functional groups attached to an aromatic ring is 1. The number of thioether (sulfide) groups is 2. The van der Waals surface area contributed by atoms with E-state index in [0.717, 1.165) is 35.5 Å². The number of aromatic nitrogens is 2. The van der Waals surface area contributed by atoms with Crippen LogP contribution in [0.15, 0.2) is 39.0 Å². The highest BCUT2D eigenvalue weighted by Gasteiger charge is 2.54.